The highest BCUT2D eigenvalue weighted by Crippen LogP contribution is 2.37. The van der Waals surface area contributed by atoms with E-state index in [0.29, 0.717) is 0 Å². The number of benzene rings is 1. The molecule has 0 saturated carbocycles. The van der Waals surface area contributed by atoms with Gasteiger partial charge in [0.15, 0.2) is 0 Å². The second-order valence-electron chi connectivity index (χ2n) is 6.68. The molecule has 0 N–H and O–H groups in total. The third kappa shape index (κ3) is 3.30. The molecule has 2 rings (SSSR count). The van der Waals surface area contributed by atoms with Gasteiger partial charge in [-0.3, -0.25) is 0 Å². The Hall–Kier alpha value is -1.08. The van der Waals surface area contributed by atoms with E-state index in [0.717, 1.165) is 6.07 Å². The van der Waals surface area contributed by atoms with E-state index in [4.69, 9.17) is 9.31 Å². The van der Waals surface area contributed by atoms with Crippen molar-refractivity contribution in [1.29, 1.82) is 0 Å². The Morgan fingerprint density at radius 2 is 1.55 bits per heavy atom. The summed E-state index contributed by atoms with van der Waals surface area (Å²) in [7, 11) is -1.02. The van der Waals surface area contributed by atoms with Gasteiger partial charge in [-0.2, -0.15) is 13.2 Å². The van der Waals surface area contributed by atoms with E-state index in [1.165, 1.54) is 13.0 Å². The zero-order valence-corrected chi connectivity index (χ0v) is 13.3. The van der Waals surface area contributed by atoms with Gasteiger partial charge in [0.05, 0.1) is 17.6 Å². The predicted molar refractivity (Wildman–Crippen MR) is 76.6 cm³/mol. The zero-order valence-electron chi connectivity index (χ0n) is 13.3. The van der Waals surface area contributed by atoms with Crippen LogP contribution in [0.5, 0.6) is 0 Å². The first-order valence-electron chi connectivity index (χ1n) is 7.04. The van der Waals surface area contributed by atoms with Crippen LogP contribution in [0.2, 0.25) is 0 Å². The Morgan fingerprint density at radius 3 is 2.00 bits per heavy atom. The summed E-state index contributed by atoms with van der Waals surface area (Å²) in [6.07, 6.45) is -5.53. The molecule has 1 aromatic carbocycles. The summed E-state index contributed by atoms with van der Waals surface area (Å²) >= 11 is 0. The third-order valence-electron chi connectivity index (χ3n) is 4.32. The fourth-order valence-electron chi connectivity index (χ4n) is 2.32. The first-order chi connectivity index (χ1) is 9.82. The summed E-state index contributed by atoms with van der Waals surface area (Å²) in [4.78, 5) is 0. The molecule has 1 fully saturated rings. The van der Waals surface area contributed by atoms with E-state index in [1.807, 2.05) is 0 Å². The summed E-state index contributed by atoms with van der Waals surface area (Å²) in [6.45, 7) is 8.60. The number of rotatable bonds is 2. The number of aryl methyl sites for hydroxylation is 1. The van der Waals surface area contributed by atoms with E-state index in [9.17, 15) is 17.6 Å². The van der Waals surface area contributed by atoms with Crippen LogP contribution in [0.25, 0.3) is 0 Å². The predicted octanol–water partition coefficient (Wildman–Crippen LogP) is 3.54. The van der Waals surface area contributed by atoms with E-state index in [1.54, 1.807) is 27.7 Å². The number of alkyl halides is 3. The molecule has 0 aliphatic carbocycles. The molecule has 0 radical (unpaired) electrons. The van der Waals surface area contributed by atoms with Gasteiger partial charge < -0.3 is 9.31 Å². The summed E-state index contributed by atoms with van der Waals surface area (Å²) in [5, 5.41) is 0. The van der Waals surface area contributed by atoms with Crippen LogP contribution in [0.1, 0.15) is 38.8 Å². The lowest BCUT2D eigenvalue weighted by Gasteiger charge is -2.32. The smallest absolute Gasteiger partial charge is 0.399 e. The standard InChI is InChI=1S/C15H19BF4O2/c1-9-6-10(8-15(18,19)20)11(7-12(9)17)16-21-13(2,3)14(4,5)22-16/h6-7H,8H2,1-5H3. The van der Waals surface area contributed by atoms with Gasteiger partial charge in [-0.25, -0.2) is 4.39 Å². The molecule has 1 aliphatic heterocycles. The number of hydrogen-bond donors (Lipinski definition) is 0. The molecule has 2 nitrogen and oxygen atoms in total. The van der Waals surface area contributed by atoms with E-state index < -0.39 is 36.7 Å². The van der Waals surface area contributed by atoms with E-state index in [2.05, 4.69) is 0 Å². The molecule has 0 atom stereocenters. The Balaban J connectivity index is 2.45. The van der Waals surface area contributed by atoms with Crippen LogP contribution >= 0.6 is 0 Å². The molecule has 1 heterocycles. The van der Waals surface area contributed by atoms with Crippen molar-refractivity contribution in [1.82, 2.24) is 0 Å². The summed E-state index contributed by atoms with van der Waals surface area (Å²) in [5.74, 6) is -0.573. The van der Waals surface area contributed by atoms with Crippen LogP contribution < -0.4 is 5.46 Å². The van der Waals surface area contributed by atoms with Crippen molar-refractivity contribution in [3.63, 3.8) is 0 Å². The Bertz CT molecular complexity index is 566. The van der Waals surface area contributed by atoms with Crippen molar-refractivity contribution in [3.05, 3.63) is 29.1 Å². The zero-order chi connectivity index (χ0) is 16.9. The molecule has 0 unspecified atom stereocenters. The molecule has 1 aliphatic rings. The number of hydrogen-bond acceptors (Lipinski definition) is 2. The van der Waals surface area contributed by atoms with Gasteiger partial charge >= 0.3 is 13.3 Å². The first-order valence-corrected chi connectivity index (χ1v) is 7.04. The van der Waals surface area contributed by atoms with Gasteiger partial charge in [0.1, 0.15) is 5.82 Å². The van der Waals surface area contributed by atoms with Crippen LogP contribution in [0.15, 0.2) is 12.1 Å². The fraction of sp³-hybridized carbons (Fsp3) is 0.600. The first kappa shape index (κ1) is 17.3. The topological polar surface area (TPSA) is 18.5 Å². The van der Waals surface area contributed by atoms with Crippen molar-refractivity contribution in [2.45, 2.75) is 58.4 Å². The SMILES string of the molecule is Cc1cc(CC(F)(F)F)c(B2OC(C)(C)C(C)(C)O2)cc1F. The lowest BCUT2D eigenvalue weighted by atomic mass is 9.74. The molecular weight excluding hydrogens is 299 g/mol. The highest BCUT2D eigenvalue weighted by atomic mass is 19.4. The lowest BCUT2D eigenvalue weighted by molar-refractivity contribution is -0.127. The van der Waals surface area contributed by atoms with Crippen LogP contribution in [-0.4, -0.2) is 24.5 Å². The van der Waals surface area contributed by atoms with Gasteiger partial charge in [0.2, 0.25) is 0 Å². The minimum Gasteiger partial charge on any atom is -0.399 e. The van der Waals surface area contributed by atoms with Crippen molar-refractivity contribution in [2.24, 2.45) is 0 Å². The van der Waals surface area contributed by atoms with Crippen LogP contribution in [0, 0.1) is 12.7 Å². The molecule has 7 heteroatoms. The maximum absolute atomic E-state index is 13.8. The van der Waals surface area contributed by atoms with Gasteiger partial charge in [0.25, 0.3) is 0 Å². The second kappa shape index (κ2) is 5.23. The molecule has 0 spiro atoms. The van der Waals surface area contributed by atoms with Crippen LogP contribution in [0.3, 0.4) is 0 Å². The minimum atomic E-state index is -4.39. The monoisotopic (exact) mass is 318 g/mol. The molecule has 1 aromatic rings. The Labute approximate surface area is 127 Å². The van der Waals surface area contributed by atoms with Crippen molar-refractivity contribution in [2.75, 3.05) is 0 Å². The van der Waals surface area contributed by atoms with E-state index in [-0.39, 0.29) is 16.6 Å². The molecule has 122 valence electrons. The summed E-state index contributed by atoms with van der Waals surface area (Å²) < 4.78 is 63.6. The minimum absolute atomic E-state index is 0.0232. The number of halogens is 4. The maximum atomic E-state index is 13.8. The largest absolute Gasteiger partial charge is 0.495 e. The van der Waals surface area contributed by atoms with Crippen molar-refractivity contribution in [3.8, 4) is 0 Å². The van der Waals surface area contributed by atoms with Crippen LogP contribution in [0.4, 0.5) is 17.6 Å². The highest BCUT2D eigenvalue weighted by molar-refractivity contribution is 6.62. The van der Waals surface area contributed by atoms with Crippen molar-refractivity contribution < 1.29 is 26.9 Å². The van der Waals surface area contributed by atoms with E-state index >= 15 is 0 Å². The second-order valence-corrected chi connectivity index (χ2v) is 6.68. The normalized spacial score (nSPS) is 20.5. The molecule has 0 bridgehead atoms. The fourth-order valence-corrected chi connectivity index (χ4v) is 2.32. The quantitative estimate of drug-likeness (QED) is 0.613. The lowest BCUT2D eigenvalue weighted by Crippen LogP contribution is -2.41. The van der Waals surface area contributed by atoms with Gasteiger partial charge in [-0.15, -0.1) is 0 Å². The highest BCUT2D eigenvalue weighted by Gasteiger charge is 2.52. The average Bonchev–Trinajstić information content (AvgIpc) is 2.50. The Kier molecular flexibility index (Phi) is 4.11. The molecule has 0 amide bonds. The average molecular weight is 318 g/mol. The van der Waals surface area contributed by atoms with Gasteiger partial charge in [0, 0.05) is 0 Å². The molecule has 1 saturated heterocycles. The van der Waals surface area contributed by atoms with Gasteiger partial charge in [-0.1, -0.05) is 6.07 Å². The summed E-state index contributed by atoms with van der Waals surface area (Å²) in [6, 6.07) is 2.29. The van der Waals surface area contributed by atoms with Crippen molar-refractivity contribution >= 4 is 12.6 Å². The Morgan fingerprint density at radius 1 is 1.05 bits per heavy atom. The van der Waals surface area contributed by atoms with Gasteiger partial charge in [-0.05, 0) is 57.3 Å². The maximum Gasteiger partial charge on any atom is 0.495 e. The molecule has 0 aromatic heterocycles. The molecule has 22 heavy (non-hydrogen) atoms. The van der Waals surface area contributed by atoms with Crippen LogP contribution in [-0.2, 0) is 15.7 Å². The third-order valence-corrected chi connectivity index (χ3v) is 4.32. The molecular formula is C15H19BF4O2. The summed E-state index contributed by atoms with van der Waals surface area (Å²) in [5.41, 5.74) is -1.16.